The van der Waals surface area contributed by atoms with Crippen LogP contribution in [-0.4, -0.2) is 69.8 Å². The van der Waals surface area contributed by atoms with Gasteiger partial charge in [0.05, 0.1) is 11.4 Å². The fourth-order valence-corrected chi connectivity index (χ4v) is 5.69. The Morgan fingerprint density at radius 3 is 2.53 bits per heavy atom. The van der Waals surface area contributed by atoms with Crippen LogP contribution in [0.3, 0.4) is 0 Å². The molecule has 36 heavy (non-hydrogen) atoms. The van der Waals surface area contributed by atoms with Crippen LogP contribution in [-0.2, 0) is 6.54 Å². The third-order valence-electron chi connectivity index (χ3n) is 7.47. The molecule has 10 heteroatoms. The second-order valence-electron chi connectivity index (χ2n) is 9.75. The molecule has 2 saturated heterocycles. The van der Waals surface area contributed by atoms with Crippen LogP contribution in [0.4, 0.5) is 16.1 Å². The van der Waals surface area contributed by atoms with Gasteiger partial charge in [-0.2, -0.15) is 0 Å². The summed E-state index contributed by atoms with van der Waals surface area (Å²) in [5.41, 5.74) is 8.40. The monoisotopic (exact) mass is 513 g/mol. The van der Waals surface area contributed by atoms with Crippen LogP contribution in [0.15, 0.2) is 34.7 Å². The van der Waals surface area contributed by atoms with Gasteiger partial charge < -0.3 is 15.1 Å². The van der Waals surface area contributed by atoms with Gasteiger partial charge in [-0.15, -0.1) is 5.10 Å². The zero-order valence-electron chi connectivity index (χ0n) is 20.8. The zero-order valence-corrected chi connectivity index (χ0v) is 21.6. The maximum Gasteiger partial charge on any atom is 0.313 e. The molecule has 0 aliphatic carbocycles. The van der Waals surface area contributed by atoms with Gasteiger partial charge >= 0.3 is 6.01 Å². The van der Waals surface area contributed by atoms with Gasteiger partial charge in [-0.3, -0.25) is 9.80 Å². The lowest BCUT2D eigenvalue weighted by molar-refractivity contribution is 0.0611. The van der Waals surface area contributed by atoms with E-state index in [9.17, 15) is 4.39 Å². The minimum atomic E-state index is -0.484. The fraction of sp³-hybridized carbons (Fsp3) is 0.500. The van der Waals surface area contributed by atoms with Crippen LogP contribution in [0.25, 0.3) is 11.6 Å². The number of aromatic nitrogens is 3. The van der Waals surface area contributed by atoms with Crippen molar-refractivity contribution in [3.05, 3.63) is 52.4 Å². The summed E-state index contributed by atoms with van der Waals surface area (Å²) in [6, 6.07) is 10.6. The molecule has 1 atom stereocenters. The summed E-state index contributed by atoms with van der Waals surface area (Å²) >= 11 is 6.03. The fourth-order valence-electron chi connectivity index (χ4n) is 5.56. The topological polar surface area (TPSA) is 87.5 Å². The Balaban J connectivity index is 1.21. The number of nitrogens with zero attached hydrogens (tertiary/aromatic N) is 6. The van der Waals surface area contributed by atoms with Crippen molar-refractivity contribution in [2.45, 2.75) is 51.7 Å². The second kappa shape index (κ2) is 10.7. The van der Waals surface area contributed by atoms with Crippen LogP contribution in [0.1, 0.15) is 37.4 Å². The van der Waals surface area contributed by atoms with E-state index in [4.69, 9.17) is 21.8 Å². The highest BCUT2D eigenvalue weighted by Gasteiger charge is 2.34. The van der Waals surface area contributed by atoms with Crippen LogP contribution >= 0.6 is 11.6 Å². The SMILES string of the molecule is CC[C@H]1CN(c2cc(F)c(-c3nnc(N)o3)nc2C)CCN1C1CCN(Cc2ccc(Cl)cc2)CC1. The number of pyridine rings is 1. The number of piperazine rings is 1. The van der Waals surface area contributed by atoms with E-state index >= 15 is 0 Å². The Labute approximate surface area is 216 Å². The molecule has 192 valence electrons. The molecule has 2 aliphatic rings. The highest BCUT2D eigenvalue weighted by molar-refractivity contribution is 6.30. The summed E-state index contributed by atoms with van der Waals surface area (Å²) in [4.78, 5) is 11.9. The predicted molar refractivity (Wildman–Crippen MR) is 139 cm³/mol. The molecule has 0 saturated carbocycles. The van der Waals surface area contributed by atoms with E-state index in [0.717, 1.165) is 62.1 Å². The van der Waals surface area contributed by atoms with E-state index in [0.29, 0.717) is 12.1 Å². The standard InChI is InChI=1S/C26H33ClFN7O/c1-3-20-16-34(23-14-22(28)24(30-17(23)2)25-31-32-26(29)36-25)12-13-35(20)21-8-10-33(11-9-21)15-18-4-6-19(27)7-5-18/h4-7,14,20-21H,3,8-13,15-16H2,1-2H3,(H2,29,32)/t20-/m0/s1. The molecule has 2 aromatic heterocycles. The second-order valence-corrected chi connectivity index (χ2v) is 10.2. The molecular formula is C26H33ClFN7O. The molecule has 0 unspecified atom stereocenters. The number of likely N-dealkylation sites (tertiary alicyclic amines) is 1. The minimum Gasteiger partial charge on any atom is -0.402 e. The highest BCUT2D eigenvalue weighted by Crippen LogP contribution is 2.31. The maximum absolute atomic E-state index is 15.0. The molecule has 2 fully saturated rings. The lowest BCUT2D eigenvalue weighted by Gasteiger charge is -2.48. The molecule has 2 aliphatic heterocycles. The summed E-state index contributed by atoms with van der Waals surface area (Å²) in [5.74, 6) is -0.485. The Hall–Kier alpha value is -2.75. The molecule has 3 aromatic rings. The highest BCUT2D eigenvalue weighted by atomic mass is 35.5. The summed E-state index contributed by atoms with van der Waals surface area (Å²) < 4.78 is 20.1. The molecular weight excluding hydrogens is 481 g/mol. The van der Waals surface area contributed by atoms with E-state index in [1.165, 1.54) is 24.5 Å². The lowest BCUT2D eigenvalue weighted by atomic mass is 9.97. The Bertz CT molecular complexity index is 1180. The third-order valence-corrected chi connectivity index (χ3v) is 7.72. The van der Waals surface area contributed by atoms with Crippen LogP contribution < -0.4 is 10.6 Å². The Kier molecular flexibility index (Phi) is 7.41. The first-order chi connectivity index (χ1) is 17.4. The third kappa shape index (κ3) is 5.33. The predicted octanol–water partition coefficient (Wildman–Crippen LogP) is 4.38. The summed E-state index contributed by atoms with van der Waals surface area (Å²) in [6.45, 7) is 9.96. The van der Waals surface area contributed by atoms with E-state index in [1.807, 2.05) is 19.1 Å². The average Bonchev–Trinajstić information content (AvgIpc) is 3.32. The molecule has 0 amide bonds. The van der Waals surface area contributed by atoms with Gasteiger partial charge in [0, 0.05) is 49.4 Å². The van der Waals surface area contributed by atoms with Crippen molar-refractivity contribution in [2.75, 3.05) is 43.4 Å². The Morgan fingerprint density at radius 2 is 1.86 bits per heavy atom. The Morgan fingerprint density at radius 1 is 1.11 bits per heavy atom. The minimum absolute atomic E-state index is 0.00157. The van der Waals surface area contributed by atoms with Gasteiger partial charge in [0.1, 0.15) is 0 Å². The van der Waals surface area contributed by atoms with Gasteiger partial charge in [0.25, 0.3) is 5.89 Å². The number of rotatable bonds is 6. The molecule has 0 radical (unpaired) electrons. The van der Waals surface area contributed by atoms with Crippen molar-refractivity contribution in [2.24, 2.45) is 0 Å². The summed E-state index contributed by atoms with van der Waals surface area (Å²) in [6.07, 6.45) is 3.39. The molecule has 0 bridgehead atoms. The molecule has 2 N–H and O–H groups in total. The molecule has 1 aromatic carbocycles. The maximum atomic E-state index is 15.0. The van der Waals surface area contributed by atoms with Crippen molar-refractivity contribution in [3.63, 3.8) is 0 Å². The zero-order chi connectivity index (χ0) is 25.2. The van der Waals surface area contributed by atoms with Crippen LogP contribution in [0.5, 0.6) is 0 Å². The molecule has 5 rings (SSSR count). The van der Waals surface area contributed by atoms with Crippen molar-refractivity contribution in [1.82, 2.24) is 25.0 Å². The van der Waals surface area contributed by atoms with Gasteiger partial charge in [-0.25, -0.2) is 9.37 Å². The number of hydrogen-bond acceptors (Lipinski definition) is 8. The smallest absolute Gasteiger partial charge is 0.313 e. The van der Waals surface area contributed by atoms with Gasteiger partial charge in [0.15, 0.2) is 11.5 Å². The van der Waals surface area contributed by atoms with Gasteiger partial charge in [0.2, 0.25) is 0 Å². The number of aryl methyl sites for hydroxylation is 1. The number of nitrogen functional groups attached to an aromatic ring is 1. The number of nitrogens with two attached hydrogens (primary N) is 1. The van der Waals surface area contributed by atoms with Gasteiger partial charge in [-0.05, 0) is 57.0 Å². The normalized spacial score (nSPS) is 20.2. The molecule has 8 nitrogen and oxygen atoms in total. The largest absolute Gasteiger partial charge is 0.402 e. The number of halogens is 2. The number of piperidine rings is 1. The van der Waals surface area contributed by atoms with E-state index in [1.54, 1.807) is 0 Å². The first kappa shape index (κ1) is 24.9. The van der Waals surface area contributed by atoms with E-state index in [2.05, 4.69) is 48.9 Å². The van der Waals surface area contributed by atoms with Crippen molar-refractivity contribution in [3.8, 4) is 11.6 Å². The molecule has 0 spiro atoms. The number of anilines is 2. The van der Waals surface area contributed by atoms with Gasteiger partial charge in [-0.1, -0.05) is 35.8 Å². The number of benzene rings is 1. The van der Waals surface area contributed by atoms with E-state index < -0.39 is 5.82 Å². The van der Waals surface area contributed by atoms with Crippen LogP contribution in [0, 0.1) is 12.7 Å². The number of hydrogen-bond donors (Lipinski definition) is 1. The van der Waals surface area contributed by atoms with Crippen LogP contribution in [0.2, 0.25) is 5.02 Å². The van der Waals surface area contributed by atoms with E-state index in [-0.39, 0.29) is 17.6 Å². The van der Waals surface area contributed by atoms with Crippen molar-refractivity contribution < 1.29 is 8.81 Å². The summed E-state index contributed by atoms with van der Waals surface area (Å²) in [7, 11) is 0. The average molecular weight is 514 g/mol. The molecule has 4 heterocycles. The summed E-state index contributed by atoms with van der Waals surface area (Å²) in [5, 5.41) is 8.17. The quantitative estimate of drug-likeness (QED) is 0.519. The first-order valence-electron chi connectivity index (χ1n) is 12.6. The van der Waals surface area contributed by atoms with Crippen molar-refractivity contribution >= 4 is 23.3 Å². The van der Waals surface area contributed by atoms with Crippen molar-refractivity contribution in [1.29, 1.82) is 0 Å². The lowest BCUT2D eigenvalue weighted by Crippen LogP contribution is -2.58. The first-order valence-corrected chi connectivity index (χ1v) is 13.0.